The molecule has 2 fully saturated rings. The molecule has 0 atom stereocenters. The molecule has 0 aromatic carbocycles. The predicted octanol–water partition coefficient (Wildman–Crippen LogP) is 1.97. The van der Waals surface area contributed by atoms with Gasteiger partial charge in [0.2, 0.25) is 11.8 Å². The van der Waals surface area contributed by atoms with Gasteiger partial charge in [-0.05, 0) is 57.4 Å². The second kappa shape index (κ2) is 7.95. The Morgan fingerprint density at radius 2 is 1.81 bits per heavy atom. The van der Waals surface area contributed by atoms with Crippen molar-refractivity contribution in [1.82, 2.24) is 20.2 Å². The Kier molecular flexibility index (Phi) is 5.41. The molecule has 2 heterocycles. The molecule has 0 spiro atoms. The summed E-state index contributed by atoms with van der Waals surface area (Å²) in [6, 6.07) is 0. The Bertz CT molecular complexity index is 721. The van der Waals surface area contributed by atoms with Crippen LogP contribution in [0.3, 0.4) is 0 Å². The first-order valence-corrected chi connectivity index (χ1v) is 10.5. The lowest BCUT2D eigenvalue weighted by Gasteiger charge is -2.36. The van der Waals surface area contributed by atoms with Gasteiger partial charge >= 0.3 is 0 Å². The molecule has 6 heteroatoms. The Balaban J connectivity index is 1.21. The van der Waals surface area contributed by atoms with Crippen molar-refractivity contribution in [3.05, 3.63) is 22.8 Å². The number of piperidine rings is 1. The van der Waals surface area contributed by atoms with Crippen molar-refractivity contribution in [3.63, 3.8) is 0 Å². The maximum Gasteiger partial charge on any atom is 0.225 e. The topological polar surface area (TPSA) is 75.2 Å². The van der Waals surface area contributed by atoms with Crippen LogP contribution < -0.4 is 5.32 Å². The standard InChI is InChI=1S/C21H30N4O2/c1-14-17-6-3-7-18(17)24-19(23-14)8-11-22-20(26)15-9-12-25(13-10-15)21(27)16-4-2-5-16/h15-16H,2-13H2,1H3,(H,22,26). The van der Waals surface area contributed by atoms with Crippen LogP contribution in [0.2, 0.25) is 0 Å². The minimum absolute atomic E-state index is 0.0260. The third-order valence-corrected chi connectivity index (χ3v) is 6.47. The molecule has 3 aliphatic rings. The van der Waals surface area contributed by atoms with Crippen molar-refractivity contribution in [2.45, 2.75) is 64.7 Å². The Morgan fingerprint density at radius 1 is 1.04 bits per heavy atom. The number of nitrogens with zero attached hydrogens (tertiary/aromatic N) is 3. The molecule has 6 nitrogen and oxygen atoms in total. The van der Waals surface area contributed by atoms with Gasteiger partial charge in [0.05, 0.1) is 0 Å². The summed E-state index contributed by atoms with van der Waals surface area (Å²) < 4.78 is 0. The second-order valence-electron chi connectivity index (χ2n) is 8.27. The summed E-state index contributed by atoms with van der Waals surface area (Å²) in [7, 11) is 0. The van der Waals surface area contributed by atoms with Crippen molar-refractivity contribution in [1.29, 1.82) is 0 Å². The fraction of sp³-hybridized carbons (Fsp3) is 0.714. The van der Waals surface area contributed by atoms with E-state index in [1.54, 1.807) is 0 Å². The van der Waals surface area contributed by atoms with E-state index < -0.39 is 0 Å². The number of nitrogens with one attached hydrogen (secondary N) is 1. The molecule has 0 bridgehead atoms. The maximum absolute atomic E-state index is 12.5. The van der Waals surface area contributed by atoms with E-state index in [0.717, 1.165) is 63.1 Å². The third-order valence-electron chi connectivity index (χ3n) is 6.47. The van der Waals surface area contributed by atoms with Crippen LogP contribution >= 0.6 is 0 Å². The van der Waals surface area contributed by atoms with Crippen LogP contribution in [0.1, 0.15) is 61.3 Å². The number of hydrogen-bond donors (Lipinski definition) is 1. The average Bonchev–Trinajstić information content (AvgIpc) is 3.09. The van der Waals surface area contributed by atoms with E-state index in [9.17, 15) is 9.59 Å². The van der Waals surface area contributed by atoms with Crippen LogP contribution in [0.25, 0.3) is 0 Å². The normalized spacial score (nSPS) is 20.3. The minimum atomic E-state index is 0.0260. The predicted molar refractivity (Wildman–Crippen MR) is 102 cm³/mol. The fourth-order valence-electron chi connectivity index (χ4n) is 4.51. The number of aromatic nitrogens is 2. The number of rotatable bonds is 5. The van der Waals surface area contributed by atoms with E-state index >= 15 is 0 Å². The molecule has 1 N–H and O–H groups in total. The van der Waals surface area contributed by atoms with Gasteiger partial charge in [0, 0.05) is 49.3 Å². The van der Waals surface area contributed by atoms with Gasteiger partial charge in [0.15, 0.2) is 0 Å². The van der Waals surface area contributed by atoms with Gasteiger partial charge in [-0.3, -0.25) is 9.59 Å². The molecule has 2 amide bonds. The number of amides is 2. The van der Waals surface area contributed by atoms with Gasteiger partial charge in [-0.2, -0.15) is 0 Å². The van der Waals surface area contributed by atoms with Crippen LogP contribution in [0.5, 0.6) is 0 Å². The molecule has 1 saturated carbocycles. The van der Waals surface area contributed by atoms with E-state index in [-0.39, 0.29) is 17.7 Å². The van der Waals surface area contributed by atoms with Crippen LogP contribution in [-0.4, -0.2) is 46.3 Å². The molecule has 1 aromatic heterocycles. The van der Waals surface area contributed by atoms with Gasteiger partial charge in [0.1, 0.15) is 5.82 Å². The highest BCUT2D eigenvalue weighted by Crippen LogP contribution is 2.30. The first-order valence-electron chi connectivity index (χ1n) is 10.5. The number of fused-ring (bicyclic) bond motifs is 1. The molecular weight excluding hydrogens is 340 g/mol. The largest absolute Gasteiger partial charge is 0.355 e. The summed E-state index contributed by atoms with van der Waals surface area (Å²) in [5, 5.41) is 3.05. The lowest BCUT2D eigenvalue weighted by Crippen LogP contribution is -2.46. The summed E-state index contributed by atoms with van der Waals surface area (Å²) in [5.74, 6) is 1.55. The minimum Gasteiger partial charge on any atom is -0.355 e. The van der Waals surface area contributed by atoms with Crippen LogP contribution in [0.4, 0.5) is 0 Å². The molecule has 1 aromatic rings. The smallest absolute Gasteiger partial charge is 0.225 e. The van der Waals surface area contributed by atoms with Crippen molar-refractivity contribution >= 4 is 11.8 Å². The zero-order chi connectivity index (χ0) is 18.8. The number of hydrogen-bond acceptors (Lipinski definition) is 4. The van der Waals surface area contributed by atoms with Gasteiger partial charge in [-0.1, -0.05) is 6.42 Å². The second-order valence-corrected chi connectivity index (χ2v) is 8.27. The molecular formula is C21H30N4O2. The maximum atomic E-state index is 12.5. The van der Waals surface area contributed by atoms with E-state index in [4.69, 9.17) is 0 Å². The lowest BCUT2D eigenvalue weighted by molar-refractivity contribution is -0.141. The van der Waals surface area contributed by atoms with Gasteiger partial charge in [0.25, 0.3) is 0 Å². The number of aryl methyl sites for hydroxylation is 2. The molecule has 0 unspecified atom stereocenters. The van der Waals surface area contributed by atoms with Crippen molar-refractivity contribution < 1.29 is 9.59 Å². The fourth-order valence-corrected chi connectivity index (χ4v) is 4.51. The molecule has 4 rings (SSSR count). The lowest BCUT2D eigenvalue weighted by atomic mass is 9.83. The van der Waals surface area contributed by atoms with Gasteiger partial charge < -0.3 is 10.2 Å². The van der Waals surface area contributed by atoms with Crippen molar-refractivity contribution in [2.75, 3.05) is 19.6 Å². The summed E-state index contributed by atoms with van der Waals surface area (Å²) in [6.45, 7) is 4.09. The molecule has 1 aliphatic heterocycles. The number of likely N-dealkylation sites (tertiary alicyclic amines) is 1. The Morgan fingerprint density at radius 3 is 2.52 bits per heavy atom. The monoisotopic (exact) mass is 370 g/mol. The van der Waals surface area contributed by atoms with Gasteiger partial charge in [-0.15, -0.1) is 0 Å². The highest BCUT2D eigenvalue weighted by atomic mass is 16.2. The first-order chi connectivity index (χ1) is 13.1. The number of carbonyl (C=O) groups excluding carboxylic acids is 2. The van der Waals surface area contributed by atoms with E-state index in [1.165, 1.54) is 24.1 Å². The van der Waals surface area contributed by atoms with E-state index in [2.05, 4.69) is 22.2 Å². The quantitative estimate of drug-likeness (QED) is 0.860. The number of carbonyl (C=O) groups is 2. The SMILES string of the molecule is Cc1nc(CCNC(=O)C2CCN(C(=O)C3CCC3)CC2)nc2c1CCC2. The average molecular weight is 370 g/mol. The van der Waals surface area contributed by atoms with Crippen LogP contribution in [0.15, 0.2) is 0 Å². The van der Waals surface area contributed by atoms with E-state index in [1.807, 2.05) is 4.90 Å². The molecule has 0 radical (unpaired) electrons. The highest BCUT2D eigenvalue weighted by molar-refractivity contribution is 5.81. The molecule has 146 valence electrons. The molecule has 2 aliphatic carbocycles. The summed E-state index contributed by atoms with van der Waals surface area (Å²) in [5.41, 5.74) is 3.63. The first kappa shape index (κ1) is 18.4. The van der Waals surface area contributed by atoms with Crippen LogP contribution in [0, 0.1) is 18.8 Å². The third kappa shape index (κ3) is 3.99. The molecule has 1 saturated heterocycles. The van der Waals surface area contributed by atoms with Crippen molar-refractivity contribution in [2.24, 2.45) is 11.8 Å². The highest BCUT2D eigenvalue weighted by Gasteiger charge is 2.33. The summed E-state index contributed by atoms with van der Waals surface area (Å²) >= 11 is 0. The summed E-state index contributed by atoms with van der Waals surface area (Å²) in [4.78, 5) is 36.0. The summed E-state index contributed by atoms with van der Waals surface area (Å²) in [6.07, 6.45) is 8.83. The molecule has 27 heavy (non-hydrogen) atoms. The zero-order valence-electron chi connectivity index (χ0n) is 16.3. The van der Waals surface area contributed by atoms with Gasteiger partial charge in [-0.25, -0.2) is 9.97 Å². The van der Waals surface area contributed by atoms with Crippen molar-refractivity contribution in [3.8, 4) is 0 Å². The zero-order valence-corrected chi connectivity index (χ0v) is 16.3. The Hall–Kier alpha value is -1.98. The van der Waals surface area contributed by atoms with E-state index in [0.29, 0.717) is 18.9 Å². The Labute approximate surface area is 161 Å². The van der Waals surface area contributed by atoms with Crippen LogP contribution in [-0.2, 0) is 28.9 Å².